The Morgan fingerprint density at radius 2 is 2.05 bits per heavy atom. The van der Waals surface area contributed by atoms with Gasteiger partial charge in [0, 0.05) is 6.54 Å². The van der Waals surface area contributed by atoms with E-state index < -0.39 is 35.9 Å². The molecule has 0 unspecified atom stereocenters. The van der Waals surface area contributed by atoms with Crippen molar-refractivity contribution in [3.05, 3.63) is 10.2 Å². The number of hydrogen-bond acceptors (Lipinski definition) is 5. The van der Waals surface area contributed by atoms with E-state index in [1.807, 2.05) is 0 Å². The summed E-state index contributed by atoms with van der Waals surface area (Å²) in [7, 11) is -4.38. The third-order valence-corrected chi connectivity index (χ3v) is 5.70. The molecule has 0 saturated heterocycles. The molecule has 0 amide bonds. The van der Waals surface area contributed by atoms with Crippen LogP contribution in [0, 0.1) is 6.92 Å². The van der Waals surface area contributed by atoms with Crippen molar-refractivity contribution in [2.45, 2.75) is 17.3 Å². The lowest BCUT2D eigenvalue weighted by Crippen LogP contribution is -2.40. The fraction of sp³-hybridized carbons (Fsp3) is 0.625. The lowest BCUT2D eigenvalue weighted by atomic mass is 10.6. The number of nitrogens with zero attached hydrogens (tertiary/aromatic N) is 2. The summed E-state index contributed by atoms with van der Waals surface area (Å²) < 4.78 is 60.9. The molecular formula is C8H10ClF3N2O3S2. The maximum absolute atomic E-state index is 12.4. The van der Waals surface area contributed by atoms with E-state index in [9.17, 15) is 21.6 Å². The summed E-state index contributed by atoms with van der Waals surface area (Å²) in [6.07, 6.45) is -4.70. The second-order valence-electron chi connectivity index (χ2n) is 3.52. The van der Waals surface area contributed by atoms with Crippen LogP contribution in [0.3, 0.4) is 0 Å². The van der Waals surface area contributed by atoms with Crippen molar-refractivity contribution in [3.8, 4) is 0 Å². The van der Waals surface area contributed by atoms with Gasteiger partial charge in [-0.05, 0) is 6.92 Å². The molecule has 0 atom stereocenters. The van der Waals surface area contributed by atoms with Gasteiger partial charge >= 0.3 is 6.18 Å². The third-order valence-electron chi connectivity index (χ3n) is 2.01. The van der Waals surface area contributed by atoms with Crippen LogP contribution in [-0.4, -0.2) is 48.7 Å². The number of aliphatic hydroxyl groups excluding tert-OH is 1. The predicted molar refractivity (Wildman–Crippen MR) is 63.8 cm³/mol. The van der Waals surface area contributed by atoms with Gasteiger partial charge in [0.1, 0.15) is 6.54 Å². The molecule has 19 heavy (non-hydrogen) atoms. The number of hydrogen-bond donors (Lipinski definition) is 1. The zero-order valence-electron chi connectivity index (χ0n) is 9.61. The predicted octanol–water partition coefficient (Wildman–Crippen LogP) is 1.65. The quantitative estimate of drug-likeness (QED) is 0.886. The van der Waals surface area contributed by atoms with Gasteiger partial charge in [0.2, 0.25) is 0 Å². The number of aliphatic hydroxyl groups is 1. The summed E-state index contributed by atoms with van der Waals surface area (Å²) in [6.45, 7) is -1.72. The topological polar surface area (TPSA) is 70.5 Å². The molecule has 0 radical (unpaired) electrons. The molecule has 5 nitrogen and oxygen atoms in total. The minimum atomic E-state index is -4.70. The van der Waals surface area contributed by atoms with Gasteiger partial charge in [-0.3, -0.25) is 0 Å². The summed E-state index contributed by atoms with van der Waals surface area (Å²) in [4.78, 5) is 3.65. The Hall–Kier alpha value is -0.420. The van der Waals surface area contributed by atoms with Crippen LogP contribution in [0.4, 0.5) is 13.2 Å². The second kappa shape index (κ2) is 5.92. The Balaban J connectivity index is 3.16. The van der Waals surface area contributed by atoms with Gasteiger partial charge in [0.05, 0.1) is 12.3 Å². The minimum Gasteiger partial charge on any atom is -0.395 e. The number of halogens is 4. The molecular weight excluding hydrogens is 329 g/mol. The van der Waals surface area contributed by atoms with Gasteiger partial charge in [0.15, 0.2) is 8.68 Å². The summed E-state index contributed by atoms with van der Waals surface area (Å²) in [6, 6.07) is 0. The molecule has 0 saturated carbocycles. The van der Waals surface area contributed by atoms with Crippen LogP contribution in [0.5, 0.6) is 0 Å². The zero-order chi connectivity index (χ0) is 14.8. The second-order valence-corrected chi connectivity index (χ2v) is 7.23. The van der Waals surface area contributed by atoms with Gasteiger partial charge in [-0.1, -0.05) is 22.9 Å². The zero-order valence-corrected chi connectivity index (χ0v) is 12.0. The molecule has 0 aliphatic heterocycles. The van der Waals surface area contributed by atoms with Crippen molar-refractivity contribution in [3.63, 3.8) is 0 Å². The van der Waals surface area contributed by atoms with Crippen molar-refractivity contribution in [1.82, 2.24) is 9.29 Å². The first-order chi connectivity index (χ1) is 8.58. The summed E-state index contributed by atoms with van der Waals surface area (Å²) in [5.74, 6) is 0. The number of thiazole rings is 1. The van der Waals surface area contributed by atoms with Crippen molar-refractivity contribution < 1.29 is 26.7 Å². The molecule has 1 rings (SSSR count). The van der Waals surface area contributed by atoms with Gasteiger partial charge in [-0.15, -0.1) is 0 Å². The lowest BCUT2D eigenvalue weighted by Gasteiger charge is -2.21. The fourth-order valence-corrected chi connectivity index (χ4v) is 4.59. The standard InChI is InChI=1S/C8H10ClF3N2O3S2/c1-5-6(18-7(9)13-5)19(16,17)14(2-3-15)4-8(10,11)12/h15H,2-4H2,1H3. The van der Waals surface area contributed by atoms with E-state index in [2.05, 4.69) is 4.98 Å². The average molecular weight is 339 g/mol. The van der Waals surface area contributed by atoms with E-state index >= 15 is 0 Å². The largest absolute Gasteiger partial charge is 0.402 e. The molecule has 1 aromatic heterocycles. The van der Waals surface area contributed by atoms with Crippen LogP contribution < -0.4 is 0 Å². The molecule has 0 aliphatic carbocycles. The smallest absolute Gasteiger partial charge is 0.395 e. The molecule has 0 spiro atoms. The molecule has 0 aromatic carbocycles. The molecule has 110 valence electrons. The van der Waals surface area contributed by atoms with Crippen LogP contribution in [-0.2, 0) is 10.0 Å². The highest BCUT2D eigenvalue weighted by Gasteiger charge is 2.38. The number of rotatable bonds is 5. The first kappa shape index (κ1) is 16.6. The molecule has 1 heterocycles. The number of aryl methyl sites for hydroxylation is 1. The Kier molecular flexibility index (Phi) is 5.18. The first-order valence-corrected chi connectivity index (χ1v) is 7.52. The van der Waals surface area contributed by atoms with E-state index in [1.165, 1.54) is 6.92 Å². The van der Waals surface area contributed by atoms with Gasteiger partial charge < -0.3 is 5.11 Å². The normalized spacial score (nSPS) is 13.2. The highest BCUT2D eigenvalue weighted by molar-refractivity contribution is 7.91. The Labute approximate surface area is 116 Å². The maximum atomic E-state index is 12.4. The molecule has 1 aromatic rings. The Bertz CT molecular complexity index is 544. The summed E-state index contributed by atoms with van der Waals surface area (Å²) in [5, 5.41) is 8.71. The highest BCUT2D eigenvalue weighted by Crippen LogP contribution is 2.30. The average Bonchev–Trinajstić information content (AvgIpc) is 2.56. The van der Waals surface area contributed by atoms with E-state index in [4.69, 9.17) is 16.7 Å². The van der Waals surface area contributed by atoms with Crippen LogP contribution >= 0.6 is 22.9 Å². The van der Waals surface area contributed by atoms with Gasteiger partial charge in [-0.25, -0.2) is 13.4 Å². The van der Waals surface area contributed by atoms with E-state index in [0.717, 1.165) is 0 Å². The van der Waals surface area contributed by atoms with Crippen molar-refractivity contribution in [2.75, 3.05) is 19.7 Å². The number of alkyl halides is 3. The highest BCUT2D eigenvalue weighted by atomic mass is 35.5. The molecule has 0 fully saturated rings. The van der Waals surface area contributed by atoms with Crippen LogP contribution in [0.25, 0.3) is 0 Å². The van der Waals surface area contributed by atoms with E-state index in [-0.39, 0.29) is 18.7 Å². The summed E-state index contributed by atoms with van der Waals surface area (Å²) >= 11 is 6.12. The van der Waals surface area contributed by atoms with E-state index in [0.29, 0.717) is 11.3 Å². The molecule has 0 aliphatic rings. The maximum Gasteiger partial charge on any atom is 0.402 e. The van der Waals surface area contributed by atoms with Crippen LogP contribution in [0.2, 0.25) is 4.47 Å². The number of aromatic nitrogens is 1. The van der Waals surface area contributed by atoms with Crippen molar-refractivity contribution in [1.29, 1.82) is 0 Å². The molecule has 1 N–H and O–H groups in total. The third kappa shape index (κ3) is 4.28. The lowest BCUT2D eigenvalue weighted by molar-refractivity contribution is -0.136. The Morgan fingerprint density at radius 1 is 1.47 bits per heavy atom. The van der Waals surface area contributed by atoms with Gasteiger partial charge in [-0.2, -0.15) is 17.5 Å². The van der Waals surface area contributed by atoms with E-state index in [1.54, 1.807) is 0 Å². The van der Waals surface area contributed by atoms with Crippen LogP contribution in [0.15, 0.2) is 4.21 Å². The van der Waals surface area contributed by atoms with Crippen LogP contribution in [0.1, 0.15) is 5.69 Å². The SMILES string of the molecule is Cc1nc(Cl)sc1S(=O)(=O)N(CCO)CC(F)(F)F. The summed E-state index contributed by atoms with van der Waals surface area (Å²) in [5.41, 5.74) is 0.0279. The van der Waals surface area contributed by atoms with Crippen molar-refractivity contribution >= 4 is 33.0 Å². The molecule has 0 bridgehead atoms. The fourth-order valence-electron chi connectivity index (χ4n) is 1.30. The first-order valence-electron chi connectivity index (χ1n) is 4.88. The van der Waals surface area contributed by atoms with Gasteiger partial charge in [0.25, 0.3) is 10.0 Å². The Morgan fingerprint density at radius 3 is 2.42 bits per heavy atom. The minimum absolute atomic E-state index is 0.0279. The number of sulfonamides is 1. The van der Waals surface area contributed by atoms with Crippen molar-refractivity contribution in [2.24, 2.45) is 0 Å². The molecule has 11 heteroatoms. The monoisotopic (exact) mass is 338 g/mol.